The zero-order chi connectivity index (χ0) is 18.1. The Morgan fingerprint density at radius 1 is 1.04 bits per heavy atom. The van der Waals surface area contributed by atoms with Crippen molar-refractivity contribution in [2.24, 2.45) is 0 Å². The first-order chi connectivity index (χ1) is 11.9. The third kappa shape index (κ3) is 3.42. The lowest BCUT2D eigenvalue weighted by Gasteiger charge is -2.19. The van der Waals surface area contributed by atoms with Gasteiger partial charge in [-0.05, 0) is 44.2 Å². The smallest absolute Gasteiger partial charge is 0.255 e. The van der Waals surface area contributed by atoms with E-state index in [9.17, 15) is 4.79 Å². The van der Waals surface area contributed by atoms with Gasteiger partial charge in [0, 0.05) is 19.7 Å². The fourth-order valence-electron chi connectivity index (χ4n) is 2.64. The lowest BCUT2D eigenvalue weighted by atomic mass is 10.1. The van der Waals surface area contributed by atoms with Gasteiger partial charge in [0.1, 0.15) is 0 Å². The van der Waals surface area contributed by atoms with Gasteiger partial charge < -0.3 is 10.2 Å². The van der Waals surface area contributed by atoms with Crippen LogP contribution in [-0.2, 0) is 0 Å². The molecule has 0 aliphatic carbocycles. The first-order valence-electron chi connectivity index (χ1n) is 7.89. The number of fused-ring (bicyclic) bond motifs is 1. The van der Waals surface area contributed by atoms with Gasteiger partial charge in [0.15, 0.2) is 0 Å². The molecule has 0 unspecified atom stereocenters. The van der Waals surface area contributed by atoms with Crippen LogP contribution in [0.5, 0.6) is 0 Å². The van der Waals surface area contributed by atoms with E-state index in [1.807, 2.05) is 51.0 Å². The minimum absolute atomic E-state index is 0.215. The number of benzene rings is 2. The number of hydrogen-bond donors (Lipinski definition) is 1. The first kappa shape index (κ1) is 17.2. The number of nitrogens with zero attached hydrogens (tertiary/aromatic N) is 3. The van der Waals surface area contributed by atoms with E-state index in [-0.39, 0.29) is 5.91 Å². The quantitative estimate of drug-likeness (QED) is 0.765. The molecule has 0 spiro atoms. The number of amides is 1. The van der Waals surface area contributed by atoms with E-state index in [1.54, 1.807) is 18.2 Å². The molecule has 2 aromatic carbocycles. The summed E-state index contributed by atoms with van der Waals surface area (Å²) in [4.78, 5) is 23.5. The number of hydrogen-bond acceptors (Lipinski definition) is 4. The van der Waals surface area contributed by atoms with Crippen LogP contribution in [0.15, 0.2) is 36.4 Å². The summed E-state index contributed by atoms with van der Waals surface area (Å²) in [7, 11) is 3.77. The summed E-state index contributed by atoms with van der Waals surface area (Å²) < 4.78 is 0. The molecule has 0 bridgehead atoms. The lowest BCUT2D eigenvalue weighted by molar-refractivity contribution is 0.102. The molecule has 1 aromatic heterocycles. The third-order valence-corrected chi connectivity index (χ3v) is 4.32. The average Bonchev–Trinajstić information content (AvgIpc) is 2.55. The molecule has 3 aromatic rings. The summed E-state index contributed by atoms with van der Waals surface area (Å²) in [5.74, 6) is -0.215. The molecular weight excluding hydrogens is 336 g/mol. The Balaban J connectivity index is 1.96. The molecule has 1 heterocycles. The molecule has 0 aliphatic rings. The SMILES string of the molecule is Cc1nc2ccc(C(=O)Nc3cccc(Cl)c3N(C)C)cc2nc1C. The standard InChI is InChI=1S/C19H19ClN4O/c1-11-12(2)22-17-10-13(8-9-15(17)21-11)19(25)23-16-7-5-6-14(20)18(16)24(3)4/h5-10H,1-4H3,(H,23,25). The number of halogens is 1. The molecule has 1 amide bonds. The molecule has 128 valence electrons. The van der Waals surface area contributed by atoms with Crippen molar-refractivity contribution >= 4 is 39.9 Å². The summed E-state index contributed by atoms with van der Waals surface area (Å²) >= 11 is 6.25. The normalized spacial score (nSPS) is 10.8. The van der Waals surface area contributed by atoms with Crippen molar-refractivity contribution in [3.63, 3.8) is 0 Å². The molecule has 0 saturated heterocycles. The Morgan fingerprint density at radius 3 is 2.40 bits per heavy atom. The van der Waals surface area contributed by atoms with Crippen LogP contribution < -0.4 is 10.2 Å². The average molecular weight is 355 g/mol. The van der Waals surface area contributed by atoms with E-state index in [1.165, 1.54) is 0 Å². The summed E-state index contributed by atoms with van der Waals surface area (Å²) in [6.45, 7) is 3.83. The van der Waals surface area contributed by atoms with Crippen molar-refractivity contribution in [1.29, 1.82) is 0 Å². The second-order valence-corrected chi connectivity index (χ2v) is 6.49. The second-order valence-electron chi connectivity index (χ2n) is 6.08. The van der Waals surface area contributed by atoms with Gasteiger partial charge in [0.05, 0.1) is 38.8 Å². The van der Waals surface area contributed by atoms with Crippen LogP contribution in [0.3, 0.4) is 0 Å². The second kappa shape index (κ2) is 6.69. The summed E-state index contributed by atoms with van der Waals surface area (Å²) in [6, 6.07) is 10.7. The van der Waals surface area contributed by atoms with Crippen molar-refractivity contribution in [2.45, 2.75) is 13.8 Å². The third-order valence-electron chi connectivity index (χ3n) is 4.02. The number of para-hydroxylation sites is 1. The van der Waals surface area contributed by atoms with Gasteiger partial charge in [-0.3, -0.25) is 4.79 Å². The Bertz CT molecular complexity index is 969. The number of carbonyl (C=O) groups excluding carboxylic acids is 1. The van der Waals surface area contributed by atoms with Crippen LogP contribution in [-0.4, -0.2) is 30.0 Å². The molecule has 5 nitrogen and oxygen atoms in total. The number of nitrogens with one attached hydrogen (secondary N) is 1. The number of aromatic nitrogens is 2. The van der Waals surface area contributed by atoms with Gasteiger partial charge >= 0.3 is 0 Å². The molecule has 0 saturated carbocycles. The molecule has 0 radical (unpaired) electrons. The van der Waals surface area contributed by atoms with Crippen LogP contribution in [0, 0.1) is 13.8 Å². The predicted octanol–water partition coefficient (Wildman–Crippen LogP) is 4.22. The molecule has 0 aliphatic heterocycles. The van der Waals surface area contributed by atoms with Gasteiger partial charge in [-0.2, -0.15) is 0 Å². The highest BCUT2D eigenvalue weighted by molar-refractivity contribution is 6.34. The van der Waals surface area contributed by atoms with Crippen LogP contribution in [0.2, 0.25) is 5.02 Å². The van der Waals surface area contributed by atoms with Crippen molar-refractivity contribution in [1.82, 2.24) is 9.97 Å². The van der Waals surface area contributed by atoms with Gasteiger partial charge in [-0.15, -0.1) is 0 Å². The highest BCUT2D eigenvalue weighted by atomic mass is 35.5. The minimum Gasteiger partial charge on any atom is -0.375 e. The van der Waals surface area contributed by atoms with Gasteiger partial charge in [0.25, 0.3) is 5.91 Å². The molecule has 25 heavy (non-hydrogen) atoms. The van der Waals surface area contributed by atoms with Crippen molar-refractivity contribution in [2.75, 3.05) is 24.3 Å². The number of rotatable bonds is 3. The van der Waals surface area contributed by atoms with Gasteiger partial charge in [-0.1, -0.05) is 17.7 Å². The molecular formula is C19H19ClN4O. The van der Waals surface area contributed by atoms with E-state index in [2.05, 4.69) is 15.3 Å². The van der Waals surface area contributed by atoms with Crippen molar-refractivity contribution in [3.8, 4) is 0 Å². The van der Waals surface area contributed by atoms with Gasteiger partial charge in [-0.25, -0.2) is 9.97 Å². The van der Waals surface area contributed by atoms with Crippen LogP contribution in [0.1, 0.15) is 21.7 Å². The maximum atomic E-state index is 12.7. The fraction of sp³-hybridized carbons (Fsp3) is 0.211. The zero-order valence-corrected chi connectivity index (χ0v) is 15.3. The van der Waals surface area contributed by atoms with Crippen LogP contribution >= 0.6 is 11.6 Å². The molecule has 3 rings (SSSR count). The first-order valence-corrected chi connectivity index (χ1v) is 8.27. The van der Waals surface area contributed by atoms with Gasteiger partial charge in [0.2, 0.25) is 0 Å². The largest absolute Gasteiger partial charge is 0.375 e. The van der Waals surface area contributed by atoms with E-state index in [0.29, 0.717) is 21.8 Å². The van der Waals surface area contributed by atoms with Crippen LogP contribution in [0.4, 0.5) is 11.4 Å². The van der Waals surface area contributed by atoms with E-state index < -0.39 is 0 Å². The van der Waals surface area contributed by atoms with Crippen molar-refractivity contribution in [3.05, 3.63) is 58.4 Å². The Hall–Kier alpha value is -2.66. The topological polar surface area (TPSA) is 58.1 Å². The molecule has 1 N–H and O–H groups in total. The maximum Gasteiger partial charge on any atom is 0.255 e. The van der Waals surface area contributed by atoms with E-state index in [0.717, 1.165) is 22.6 Å². The molecule has 0 fully saturated rings. The predicted molar refractivity (Wildman–Crippen MR) is 103 cm³/mol. The summed E-state index contributed by atoms with van der Waals surface area (Å²) in [5.41, 5.74) is 5.17. The number of anilines is 2. The lowest BCUT2D eigenvalue weighted by Crippen LogP contribution is -2.17. The highest BCUT2D eigenvalue weighted by Crippen LogP contribution is 2.32. The summed E-state index contributed by atoms with van der Waals surface area (Å²) in [5, 5.41) is 3.51. The Labute approximate surface area is 151 Å². The van der Waals surface area contributed by atoms with E-state index >= 15 is 0 Å². The number of carbonyl (C=O) groups is 1. The zero-order valence-electron chi connectivity index (χ0n) is 14.6. The maximum absolute atomic E-state index is 12.7. The highest BCUT2D eigenvalue weighted by Gasteiger charge is 2.14. The fourth-order valence-corrected chi connectivity index (χ4v) is 2.98. The Kier molecular flexibility index (Phi) is 4.59. The molecule has 0 atom stereocenters. The van der Waals surface area contributed by atoms with Crippen molar-refractivity contribution < 1.29 is 4.79 Å². The van der Waals surface area contributed by atoms with E-state index in [4.69, 9.17) is 11.6 Å². The van der Waals surface area contributed by atoms with Crippen LogP contribution in [0.25, 0.3) is 11.0 Å². The Morgan fingerprint density at radius 2 is 1.72 bits per heavy atom. The monoisotopic (exact) mass is 354 g/mol. The minimum atomic E-state index is -0.215. The molecule has 6 heteroatoms. The summed E-state index contributed by atoms with van der Waals surface area (Å²) in [6.07, 6.45) is 0. The number of aryl methyl sites for hydroxylation is 2.